The molecule has 0 radical (unpaired) electrons. The smallest absolute Gasteiger partial charge is 0.251 e. The summed E-state index contributed by atoms with van der Waals surface area (Å²) >= 11 is 0. The second-order valence-electron chi connectivity index (χ2n) is 6.77. The molecule has 0 bridgehead atoms. The third-order valence-electron chi connectivity index (χ3n) is 3.77. The van der Waals surface area contributed by atoms with Crippen molar-refractivity contribution >= 4 is 5.91 Å². The molecule has 23 heavy (non-hydrogen) atoms. The summed E-state index contributed by atoms with van der Waals surface area (Å²) in [5, 5.41) is 12.6. The summed E-state index contributed by atoms with van der Waals surface area (Å²) in [6.45, 7) is 8.50. The molecule has 1 aliphatic rings. The predicted octanol–water partition coefficient (Wildman–Crippen LogP) is 2.02. The van der Waals surface area contributed by atoms with Crippen LogP contribution in [0.3, 0.4) is 0 Å². The fraction of sp³-hybridized carbons (Fsp3) is 0.526. The maximum absolute atomic E-state index is 12.3. The van der Waals surface area contributed by atoms with Gasteiger partial charge in [-0.15, -0.1) is 0 Å². The number of amides is 1. The Morgan fingerprint density at radius 2 is 1.91 bits per heavy atom. The molecule has 1 saturated heterocycles. The monoisotopic (exact) mass is 314 g/mol. The summed E-state index contributed by atoms with van der Waals surface area (Å²) in [5.74, 6) is 5.60. The van der Waals surface area contributed by atoms with Gasteiger partial charge in [0.05, 0.1) is 0 Å². The molecule has 0 aromatic heterocycles. The highest BCUT2D eigenvalue weighted by Gasteiger charge is 2.16. The van der Waals surface area contributed by atoms with Gasteiger partial charge in [-0.2, -0.15) is 0 Å². The molecule has 0 aliphatic carbocycles. The number of carbonyl (C=O) groups is 1. The van der Waals surface area contributed by atoms with Gasteiger partial charge in [-0.1, -0.05) is 11.8 Å². The summed E-state index contributed by atoms with van der Waals surface area (Å²) in [4.78, 5) is 14.6. The van der Waals surface area contributed by atoms with Crippen molar-refractivity contribution in [2.75, 3.05) is 19.6 Å². The Hall–Kier alpha value is -1.83. The minimum Gasteiger partial charge on any atom is -0.378 e. The van der Waals surface area contributed by atoms with E-state index in [9.17, 15) is 9.90 Å². The zero-order valence-corrected chi connectivity index (χ0v) is 14.2. The lowest BCUT2D eigenvalue weighted by molar-refractivity contribution is 0.0932. The largest absolute Gasteiger partial charge is 0.378 e. The molecule has 1 heterocycles. The van der Waals surface area contributed by atoms with E-state index >= 15 is 0 Å². The molecule has 1 aliphatic heterocycles. The van der Waals surface area contributed by atoms with Crippen LogP contribution in [0.5, 0.6) is 0 Å². The summed E-state index contributed by atoms with van der Waals surface area (Å²) in [6.07, 6.45) is 2.52. The number of rotatable bonds is 4. The zero-order chi connectivity index (χ0) is 16.9. The van der Waals surface area contributed by atoms with Crippen LogP contribution in [0.1, 0.15) is 49.5 Å². The lowest BCUT2D eigenvalue weighted by Crippen LogP contribution is -2.41. The zero-order valence-electron chi connectivity index (χ0n) is 14.2. The molecule has 2 N–H and O–H groups in total. The second-order valence-corrected chi connectivity index (χ2v) is 6.77. The van der Waals surface area contributed by atoms with E-state index in [-0.39, 0.29) is 11.9 Å². The maximum Gasteiger partial charge on any atom is 0.251 e. The molecule has 1 amide bonds. The van der Waals surface area contributed by atoms with Crippen LogP contribution in [0, 0.1) is 11.8 Å². The molecule has 1 unspecified atom stereocenters. The highest BCUT2D eigenvalue weighted by Crippen LogP contribution is 2.09. The number of nitrogens with zero attached hydrogens (tertiary/aromatic N) is 1. The van der Waals surface area contributed by atoms with Crippen molar-refractivity contribution in [3.05, 3.63) is 35.4 Å². The van der Waals surface area contributed by atoms with Crippen molar-refractivity contribution in [1.29, 1.82) is 0 Å². The van der Waals surface area contributed by atoms with E-state index in [0.29, 0.717) is 5.56 Å². The molecule has 2 rings (SSSR count). The van der Waals surface area contributed by atoms with Gasteiger partial charge in [-0.3, -0.25) is 4.79 Å². The molecule has 1 atom stereocenters. The van der Waals surface area contributed by atoms with Crippen LogP contribution < -0.4 is 5.32 Å². The van der Waals surface area contributed by atoms with Crippen molar-refractivity contribution in [2.45, 2.75) is 45.3 Å². The summed E-state index contributed by atoms with van der Waals surface area (Å²) in [5.41, 5.74) is 0.405. The number of benzene rings is 1. The summed E-state index contributed by atoms with van der Waals surface area (Å²) in [7, 11) is 0. The third-order valence-corrected chi connectivity index (χ3v) is 3.77. The number of hydrogen-bond acceptors (Lipinski definition) is 3. The van der Waals surface area contributed by atoms with E-state index in [2.05, 4.69) is 22.1 Å². The van der Waals surface area contributed by atoms with Crippen LogP contribution in [-0.4, -0.2) is 47.2 Å². The Labute approximate surface area is 138 Å². The van der Waals surface area contributed by atoms with Gasteiger partial charge in [0.2, 0.25) is 0 Å². The fourth-order valence-corrected chi connectivity index (χ4v) is 2.64. The lowest BCUT2D eigenvalue weighted by Gasteiger charge is -2.21. The Morgan fingerprint density at radius 1 is 1.30 bits per heavy atom. The number of carbonyl (C=O) groups excluding carboxylic acids is 1. The van der Waals surface area contributed by atoms with Crippen molar-refractivity contribution in [3.63, 3.8) is 0 Å². The van der Waals surface area contributed by atoms with Crippen LogP contribution in [0.25, 0.3) is 0 Å². The van der Waals surface area contributed by atoms with Gasteiger partial charge in [0.1, 0.15) is 5.60 Å². The Kier molecular flexibility index (Phi) is 5.81. The molecule has 4 heteroatoms. The highest BCUT2D eigenvalue weighted by atomic mass is 16.3. The first-order chi connectivity index (χ1) is 10.8. The van der Waals surface area contributed by atoms with Gasteiger partial charge in [0.15, 0.2) is 0 Å². The van der Waals surface area contributed by atoms with Crippen LogP contribution >= 0.6 is 0 Å². The van der Waals surface area contributed by atoms with Crippen LogP contribution in [0.4, 0.5) is 0 Å². The van der Waals surface area contributed by atoms with Crippen molar-refractivity contribution < 1.29 is 9.90 Å². The summed E-state index contributed by atoms with van der Waals surface area (Å²) in [6, 6.07) is 7.28. The normalized spacial score (nSPS) is 16.5. The Balaban J connectivity index is 1.90. The van der Waals surface area contributed by atoms with E-state index in [1.165, 1.54) is 12.8 Å². The SMILES string of the molecule is CC(CN1CCCC1)NC(=O)c1ccc(C#CC(C)(C)O)cc1. The van der Waals surface area contributed by atoms with E-state index < -0.39 is 5.60 Å². The van der Waals surface area contributed by atoms with Crippen molar-refractivity contribution in [1.82, 2.24) is 10.2 Å². The molecular formula is C19H26N2O2. The van der Waals surface area contributed by atoms with Crippen molar-refractivity contribution in [2.24, 2.45) is 0 Å². The molecular weight excluding hydrogens is 288 g/mol. The second kappa shape index (κ2) is 7.63. The Morgan fingerprint density at radius 3 is 2.48 bits per heavy atom. The van der Waals surface area contributed by atoms with E-state index in [1.807, 2.05) is 6.92 Å². The van der Waals surface area contributed by atoms with E-state index in [0.717, 1.165) is 25.2 Å². The number of nitrogens with one attached hydrogen (secondary N) is 1. The third kappa shape index (κ3) is 6.05. The number of hydrogen-bond donors (Lipinski definition) is 2. The van der Waals surface area contributed by atoms with Gasteiger partial charge in [0, 0.05) is 23.7 Å². The van der Waals surface area contributed by atoms with Gasteiger partial charge in [-0.25, -0.2) is 0 Å². The van der Waals surface area contributed by atoms with Gasteiger partial charge in [-0.05, 0) is 71.0 Å². The van der Waals surface area contributed by atoms with Gasteiger partial charge >= 0.3 is 0 Å². The van der Waals surface area contributed by atoms with E-state index in [1.54, 1.807) is 38.1 Å². The summed E-state index contributed by atoms with van der Waals surface area (Å²) < 4.78 is 0. The predicted molar refractivity (Wildman–Crippen MR) is 92.2 cm³/mol. The number of likely N-dealkylation sites (tertiary alicyclic amines) is 1. The van der Waals surface area contributed by atoms with Gasteiger partial charge < -0.3 is 15.3 Å². The molecule has 0 spiro atoms. The molecule has 124 valence electrons. The quantitative estimate of drug-likeness (QED) is 0.836. The Bertz CT molecular complexity index is 585. The highest BCUT2D eigenvalue weighted by molar-refractivity contribution is 5.94. The fourth-order valence-electron chi connectivity index (χ4n) is 2.64. The first kappa shape index (κ1) is 17.5. The average Bonchev–Trinajstić information content (AvgIpc) is 2.97. The van der Waals surface area contributed by atoms with Crippen LogP contribution in [0.2, 0.25) is 0 Å². The molecule has 1 aromatic carbocycles. The van der Waals surface area contributed by atoms with Crippen LogP contribution in [0.15, 0.2) is 24.3 Å². The minimum absolute atomic E-state index is 0.0568. The first-order valence-electron chi connectivity index (χ1n) is 8.22. The van der Waals surface area contributed by atoms with Crippen molar-refractivity contribution in [3.8, 4) is 11.8 Å². The van der Waals surface area contributed by atoms with Gasteiger partial charge in [0.25, 0.3) is 5.91 Å². The maximum atomic E-state index is 12.3. The molecule has 1 aromatic rings. The molecule has 1 fully saturated rings. The van der Waals surface area contributed by atoms with E-state index in [4.69, 9.17) is 0 Å². The molecule has 0 saturated carbocycles. The average molecular weight is 314 g/mol. The minimum atomic E-state index is -1.01. The first-order valence-corrected chi connectivity index (χ1v) is 8.22. The van der Waals surface area contributed by atoms with Crippen LogP contribution in [-0.2, 0) is 0 Å². The topological polar surface area (TPSA) is 52.6 Å². The number of aliphatic hydroxyl groups is 1. The standard InChI is InChI=1S/C19H26N2O2/c1-15(14-21-12-4-5-13-21)20-18(22)17-8-6-16(7-9-17)10-11-19(2,3)23/h6-9,15,23H,4-5,12-14H2,1-3H3,(H,20,22). The lowest BCUT2D eigenvalue weighted by atomic mass is 10.1. The molecule has 4 nitrogen and oxygen atoms in total.